The Labute approximate surface area is 171 Å². The maximum absolute atomic E-state index is 12.4. The summed E-state index contributed by atoms with van der Waals surface area (Å²) in [6.45, 7) is 4.97. The summed E-state index contributed by atoms with van der Waals surface area (Å²) in [5, 5.41) is 20.2. The van der Waals surface area contributed by atoms with Gasteiger partial charge in [-0.25, -0.2) is 0 Å². The number of carbonyl (C=O) groups excluding carboxylic acids is 1. The van der Waals surface area contributed by atoms with Gasteiger partial charge >= 0.3 is 5.69 Å². The molecule has 0 bridgehead atoms. The van der Waals surface area contributed by atoms with E-state index in [0.717, 1.165) is 25.2 Å². The van der Waals surface area contributed by atoms with Crippen molar-refractivity contribution in [3.05, 3.63) is 67.7 Å². The van der Waals surface area contributed by atoms with E-state index in [9.17, 15) is 14.9 Å². The average molecular weight is 411 g/mol. The van der Waals surface area contributed by atoms with Crippen molar-refractivity contribution in [2.45, 2.75) is 33.4 Å². The minimum absolute atomic E-state index is 0.0440. The number of nitro groups is 1. The van der Waals surface area contributed by atoms with Crippen LogP contribution in [0.2, 0.25) is 0 Å². The Morgan fingerprint density at radius 1 is 1.28 bits per heavy atom. The molecule has 1 amide bonds. The second-order valence-corrected chi connectivity index (χ2v) is 8.07. The first-order valence-electron chi connectivity index (χ1n) is 9.31. The first-order valence-corrected chi connectivity index (χ1v) is 10.2. The molecule has 0 fully saturated rings. The zero-order chi connectivity index (χ0) is 20.5. The largest absolute Gasteiger partial charge is 0.367 e. The van der Waals surface area contributed by atoms with Crippen LogP contribution < -0.4 is 10.2 Å². The normalized spacial score (nSPS) is 13.2. The molecule has 8 nitrogen and oxygen atoms in total. The van der Waals surface area contributed by atoms with Crippen LogP contribution in [0.4, 0.5) is 17.1 Å². The van der Waals surface area contributed by atoms with Gasteiger partial charge in [-0.1, -0.05) is 0 Å². The second-order valence-electron chi connectivity index (χ2n) is 7.07. The third kappa shape index (κ3) is 3.86. The van der Waals surface area contributed by atoms with Gasteiger partial charge in [0.05, 0.1) is 4.92 Å². The molecule has 3 aromatic rings. The summed E-state index contributed by atoms with van der Waals surface area (Å²) < 4.78 is 1.36. The number of amides is 1. The van der Waals surface area contributed by atoms with Crippen LogP contribution in [0.1, 0.15) is 21.8 Å². The highest BCUT2D eigenvalue weighted by atomic mass is 32.1. The summed E-state index contributed by atoms with van der Waals surface area (Å²) >= 11 is 1.82. The van der Waals surface area contributed by atoms with Crippen molar-refractivity contribution < 1.29 is 9.72 Å². The van der Waals surface area contributed by atoms with E-state index in [0.29, 0.717) is 17.1 Å². The van der Waals surface area contributed by atoms with Crippen molar-refractivity contribution >= 4 is 34.3 Å². The number of aromatic nitrogens is 2. The Hall–Kier alpha value is -3.20. The van der Waals surface area contributed by atoms with Crippen molar-refractivity contribution in [3.63, 3.8) is 0 Å². The Bertz CT molecular complexity index is 1070. The minimum atomic E-state index is -0.468. The predicted octanol–water partition coefficient (Wildman–Crippen LogP) is 3.67. The van der Waals surface area contributed by atoms with Gasteiger partial charge in [0.2, 0.25) is 5.91 Å². The van der Waals surface area contributed by atoms with E-state index in [4.69, 9.17) is 0 Å². The van der Waals surface area contributed by atoms with Gasteiger partial charge in [0.15, 0.2) is 0 Å². The number of thiophene rings is 1. The average Bonchev–Trinajstić information content (AvgIpc) is 3.25. The summed E-state index contributed by atoms with van der Waals surface area (Å²) in [6, 6.07) is 9.94. The monoisotopic (exact) mass is 411 g/mol. The van der Waals surface area contributed by atoms with Gasteiger partial charge in [-0.15, -0.1) is 11.3 Å². The van der Waals surface area contributed by atoms with Crippen LogP contribution in [0.25, 0.3) is 0 Å². The fourth-order valence-corrected chi connectivity index (χ4v) is 4.56. The Morgan fingerprint density at radius 2 is 2.03 bits per heavy atom. The molecule has 1 aliphatic rings. The van der Waals surface area contributed by atoms with Gasteiger partial charge in [-0.3, -0.25) is 19.6 Å². The highest BCUT2D eigenvalue weighted by Gasteiger charge is 2.23. The number of fused-ring (bicyclic) bond motifs is 1. The van der Waals surface area contributed by atoms with Gasteiger partial charge in [0.25, 0.3) is 0 Å². The van der Waals surface area contributed by atoms with Crippen LogP contribution in [-0.2, 0) is 24.3 Å². The SMILES string of the molecule is Cc1nn(CC(=O)Nc2ccc(N3CCc4sccc4C3)cc2)c(C)c1[N+](=O)[O-]. The lowest BCUT2D eigenvalue weighted by atomic mass is 10.1. The van der Waals surface area contributed by atoms with Crippen LogP contribution in [0.5, 0.6) is 0 Å². The van der Waals surface area contributed by atoms with Crippen molar-refractivity contribution in [2.24, 2.45) is 0 Å². The van der Waals surface area contributed by atoms with E-state index in [1.165, 1.54) is 15.1 Å². The highest BCUT2D eigenvalue weighted by Crippen LogP contribution is 2.28. The van der Waals surface area contributed by atoms with E-state index in [2.05, 4.69) is 26.8 Å². The molecule has 0 saturated heterocycles. The number of nitrogens with one attached hydrogen (secondary N) is 1. The van der Waals surface area contributed by atoms with Gasteiger partial charge in [0.1, 0.15) is 17.9 Å². The molecule has 0 atom stereocenters. The number of aryl methyl sites for hydroxylation is 1. The number of nitrogens with zero attached hydrogens (tertiary/aromatic N) is 4. The van der Waals surface area contributed by atoms with Gasteiger partial charge < -0.3 is 10.2 Å². The lowest BCUT2D eigenvalue weighted by Crippen LogP contribution is -2.29. The van der Waals surface area contributed by atoms with Crippen LogP contribution >= 0.6 is 11.3 Å². The molecule has 0 aliphatic carbocycles. The maximum atomic E-state index is 12.4. The number of rotatable bonds is 5. The first kappa shape index (κ1) is 19.1. The molecule has 0 saturated carbocycles. The van der Waals surface area contributed by atoms with Crippen LogP contribution in [0.3, 0.4) is 0 Å². The fourth-order valence-electron chi connectivity index (χ4n) is 3.67. The number of benzene rings is 1. The third-order valence-corrected chi connectivity index (χ3v) is 6.17. The van der Waals surface area contributed by atoms with Crippen molar-refractivity contribution in [1.82, 2.24) is 9.78 Å². The van der Waals surface area contributed by atoms with E-state index >= 15 is 0 Å². The third-order valence-electron chi connectivity index (χ3n) is 5.14. The predicted molar refractivity (Wildman–Crippen MR) is 113 cm³/mol. The zero-order valence-electron chi connectivity index (χ0n) is 16.2. The van der Waals surface area contributed by atoms with Crippen molar-refractivity contribution in [3.8, 4) is 0 Å². The molecule has 4 rings (SSSR count). The molecule has 150 valence electrons. The van der Waals surface area contributed by atoms with Gasteiger partial charge in [-0.05, 0) is 61.5 Å². The number of hydrogen-bond donors (Lipinski definition) is 1. The summed E-state index contributed by atoms with van der Waals surface area (Å²) in [6.07, 6.45) is 1.06. The minimum Gasteiger partial charge on any atom is -0.367 e. The van der Waals surface area contributed by atoms with Crippen LogP contribution in [0, 0.1) is 24.0 Å². The summed E-state index contributed by atoms with van der Waals surface area (Å²) in [4.78, 5) is 26.8. The summed E-state index contributed by atoms with van der Waals surface area (Å²) in [5.74, 6) is -0.279. The highest BCUT2D eigenvalue weighted by molar-refractivity contribution is 7.10. The van der Waals surface area contributed by atoms with Gasteiger partial charge in [0, 0.05) is 29.3 Å². The number of hydrogen-bond acceptors (Lipinski definition) is 6. The smallest absolute Gasteiger partial charge is 0.312 e. The van der Waals surface area contributed by atoms with Crippen LogP contribution in [0.15, 0.2) is 35.7 Å². The molecular weight excluding hydrogens is 390 g/mol. The lowest BCUT2D eigenvalue weighted by Gasteiger charge is -2.29. The van der Waals surface area contributed by atoms with E-state index < -0.39 is 4.92 Å². The molecule has 1 aliphatic heterocycles. The molecule has 0 radical (unpaired) electrons. The lowest BCUT2D eigenvalue weighted by molar-refractivity contribution is -0.386. The standard InChI is InChI=1S/C20H21N5O3S/c1-13-20(25(27)28)14(2)24(22-13)12-19(26)21-16-3-5-17(6-4-16)23-9-7-18-15(11-23)8-10-29-18/h3-6,8,10H,7,9,11-12H2,1-2H3,(H,21,26). The molecule has 1 N–H and O–H groups in total. The molecule has 9 heteroatoms. The molecule has 0 unspecified atom stereocenters. The first-order chi connectivity index (χ1) is 13.9. The molecular formula is C20H21N5O3S. The Balaban J connectivity index is 1.40. The molecule has 29 heavy (non-hydrogen) atoms. The van der Waals surface area contributed by atoms with E-state index in [1.54, 1.807) is 13.8 Å². The topological polar surface area (TPSA) is 93.3 Å². The maximum Gasteiger partial charge on any atom is 0.312 e. The molecule has 3 heterocycles. The van der Waals surface area contributed by atoms with Crippen molar-refractivity contribution in [1.29, 1.82) is 0 Å². The summed E-state index contributed by atoms with van der Waals surface area (Å²) in [5.41, 5.74) is 3.82. The van der Waals surface area contributed by atoms with Crippen molar-refractivity contribution in [2.75, 3.05) is 16.8 Å². The molecule has 1 aromatic carbocycles. The summed E-state index contributed by atoms with van der Waals surface area (Å²) in [7, 11) is 0. The van der Waals surface area contributed by atoms with Gasteiger partial charge in [-0.2, -0.15) is 5.10 Å². The van der Waals surface area contributed by atoms with Crippen LogP contribution in [-0.4, -0.2) is 27.2 Å². The quantitative estimate of drug-likeness (QED) is 0.511. The number of carbonyl (C=O) groups is 1. The Morgan fingerprint density at radius 3 is 2.72 bits per heavy atom. The second kappa shape index (κ2) is 7.67. The Kier molecular flexibility index (Phi) is 5.06. The fraction of sp³-hybridized carbons (Fsp3) is 0.300. The number of anilines is 2. The van der Waals surface area contributed by atoms with E-state index in [-0.39, 0.29) is 18.1 Å². The van der Waals surface area contributed by atoms with E-state index in [1.807, 2.05) is 35.6 Å². The zero-order valence-corrected chi connectivity index (χ0v) is 17.0. The molecule has 2 aromatic heterocycles. The molecule has 0 spiro atoms.